The summed E-state index contributed by atoms with van der Waals surface area (Å²) >= 11 is 0. The van der Waals surface area contributed by atoms with Gasteiger partial charge in [0.2, 0.25) is 5.91 Å². The molecule has 0 bridgehead atoms. The highest BCUT2D eigenvalue weighted by Crippen LogP contribution is 2.45. The van der Waals surface area contributed by atoms with Crippen LogP contribution >= 0.6 is 0 Å². The van der Waals surface area contributed by atoms with Crippen LogP contribution in [0.5, 0.6) is 0 Å². The highest BCUT2D eigenvalue weighted by atomic mass is 16.2. The third-order valence-electron chi connectivity index (χ3n) is 4.83. The Hall–Kier alpha value is -0.570. The number of hydrogen-bond acceptors (Lipinski definition) is 2. The first-order valence-electron chi connectivity index (χ1n) is 7.53. The molecular formula is C15H28N2O. The van der Waals surface area contributed by atoms with Crippen LogP contribution in [0.3, 0.4) is 0 Å². The van der Waals surface area contributed by atoms with Crippen LogP contribution in [0.15, 0.2) is 0 Å². The number of carbonyl (C=O) groups is 1. The summed E-state index contributed by atoms with van der Waals surface area (Å²) in [6.07, 6.45) is 8.99. The molecule has 1 amide bonds. The SMILES string of the molecule is CC(C)CC1(CNC(=O)C2(N)CCCC2)CCC1. The lowest BCUT2D eigenvalue weighted by Gasteiger charge is -2.44. The molecule has 0 atom stereocenters. The normalized spacial score (nSPS) is 24.9. The van der Waals surface area contributed by atoms with Crippen molar-refractivity contribution in [2.24, 2.45) is 17.1 Å². The molecule has 18 heavy (non-hydrogen) atoms. The Morgan fingerprint density at radius 1 is 1.17 bits per heavy atom. The number of amides is 1. The fraction of sp³-hybridized carbons (Fsp3) is 0.933. The first-order chi connectivity index (χ1) is 8.46. The average molecular weight is 252 g/mol. The van der Waals surface area contributed by atoms with Gasteiger partial charge in [0.15, 0.2) is 0 Å². The van der Waals surface area contributed by atoms with E-state index < -0.39 is 5.54 Å². The molecule has 0 radical (unpaired) electrons. The second-order valence-electron chi connectivity index (χ2n) is 7.00. The van der Waals surface area contributed by atoms with Crippen molar-refractivity contribution in [3.8, 4) is 0 Å². The van der Waals surface area contributed by atoms with Gasteiger partial charge in [-0.25, -0.2) is 0 Å². The zero-order chi connectivity index (χ0) is 13.2. The summed E-state index contributed by atoms with van der Waals surface area (Å²) in [6, 6.07) is 0. The van der Waals surface area contributed by atoms with Gasteiger partial charge in [0, 0.05) is 6.54 Å². The highest BCUT2D eigenvalue weighted by Gasteiger charge is 2.41. The van der Waals surface area contributed by atoms with Crippen LogP contribution in [0.1, 0.15) is 65.2 Å². The van der Waals surface area contributed by atoms with Gasteiger partial charge in [0.25, 0.3) is 0 Å². The molecule has 0 spiro atoms. The number of rotatable bonds is 5. The lowest BCUT2D eigenvalue weighted by Crippen LogP contribution is -2.54. The molecule has 2 rings (SSSR count). The zero-order valence-electron chi connectivity index (χ0n) is 11.9. The highest BCUT2D eigenvalue weighted by molar-refractivity contribution is 5.86. The monoisotopic (exact) mass is 252 g/mol. The minimum Gasteiger partial charge on any atom is -0.354 e. The molecule has 3 nitrogen and oxygen atoms in total. The Bertz CT molecular complexity index is 302. The standard InChI is InChI=1S/C15H28N2O/c1-12(2)10-14(6-5-7-14)11-17-13(18)15(16)8-3-4-9-15/h12H,3-11,16H2,1-2H3,(H,17,18). The number of carbonyl (C=O) groups excluding carboxylic acids is 1. The fourth-order valence-corrected chi connectivity index (χ4v) is 3.67. The predicted molar refractivity (Wildman–Crippen MR) is 74.1 cm³/mol. The quantitative estimate of drug-likeness (QED) is 0.790. The minimum atomic E-state index is -0.567. The second kappa shape index (κ2) is 5.20. The van der Waals surface area contributed by atoms with E-state index in [4.69, 9.17) is 5.73 Å². The van der Waals surface area contributed by atoms with Crippen molar-refractivity contribution >= 4 is 5.91 Å². The Kier molecular flexibility index (Phi) is 4.00. The maximum atomic E-state index is 12.2. The summed E-state index contributed by atoms with van der Waals surface area (Å²) in [7, 11) is 0. The molecule has 2 aliphatic rings. The molecule has 0 saturated heterocycles. The minimum absolute atomic E-state index is 0.0926. The molecule has 0 aromatic carbocycles. The lowest BCUT2D eigenvalue weighted by molar-refractivity contribution is -0.127. The van der Waals surface area contributed by atoms with E-state index in [9.17, 15) is 4.79 Å². The number of nitrogens with two attached hydrogens (primary N) is 1. The van der Waals surface area contributed by atoms with E-state index in [2.05, 4.69) is 19.2 Å². The van der Waals surface area contributed by atoms with Crippen molar-refractivity contribution in [1.29, 1.82) is 0 Å². The Morgan fingerprint density at radius 2 is 1.78 bits per heavy atom. The summed E-state index contributed by atoms with van der Waals surface area (Å²) in [5.41, 5.74) is 5.99. The lowest BCUT2D eigenvalue weighted by atomic mass is 9.64. The van der Waals surface area contributed by atoms with Gasteiger partial charge in [0.05, 0.1) is 5.54 Å². The van der Waals surface area contributed by atoms with Crippen LogP contribution < -0.4 is 11.1 Å². The van der Waals surface area contributed by atoms with Gasteiger partial charge in [-0.05, 0) is 43.4 Å². The maximum absolute atomic E-state index is 12.2. The van der Waals surface area contributed by atoms with E-state index in [0.29, 0.717) is 11.3 Å². The van der Waals surface area contributed by atoms with Crippen molar-refractivity contribution in [1.82, 2.24) is 5.32 Å². The van der Waals surface area contributed by atoms with E-state index >= 15 is 0 Å². The molecule has 0 aromatic rings. The van der Waals surface area contributed by atoms with Crippen molar-refractivity contribution in [2.45, 2.75) is 70.8 Å². The molecule has 2 aliphatic carbocycles. The molecule has 0 aliphatic heterocycles. The average Bonchev–Trinajstić information content (AvgIpc) is 2.69. The van der Waals surface area contributed by atoms with Crippen molar-refractivity contribution in [3.05, 3.63) is 0 Å². The third kappa shape index (κ3) is 2.87. The van der Waals surface area contributed by atoms with Gasteiger partial charge < -0.3 is 11.1 Å². The van der Waals surface area contributed by atoms with Crippen molar-refractivity contribution < 1.29 is 4.79 Å². The fourth-order valence-electron chi connectivity index (χ4n) is 3.67. The molecule has 2 fully saturated rings. The number of nitrogens with one attached hydrogen (secondary N) is 1. The van der Waals surface area contributed by atoms with Crippen molar-refractivity contribution in [3.63, 3.8) is 0 Å². The molecule has 2 saturated carbocycles. The number of hydrogen-bond donors (Lipinski definition) is 2. The zero-order valence-corrected chi connectivity index (χ0v) is 11.9. The van der Waals surface area contributed by atoms with Gasteiger partial charge in [-0.15, -0.1) is 0 Å². The molecule has 3 N–H and O–H groups in total. The first kappa shape index (κ1) is 13.9. The summed E-state index contributed by atoms with van der Waals surface area (Å²) in [6.45, 7) is 5.37. The van der Waals surface area contributed by atoms with E-state index in [-0.39, 0.29) is 5.91 Å². The Balaban J connectivity index is 1.84. The topological polar surface area (TPSA) is 55.1 Å². The van der Waals surface area contributed by atoms with Gasteiger partial charge >= 0.3 is 0 Å². The van der Waals surface area contributed by atoms with Gasteiger partial charge in [-0.1, -0.05) is 33.1 Å². The van der Waals surface area contributed by atoms with Crippen LogP contribution in [0.2, 0.25) is 0 Å². The second-order valence-corrected chi connectivity index (χ2v) is 7.00. The maximum Gasteiger partial charge on any atom is 0.240 e. The van der Waals surface area contributed by atoms with E-state index in [1.807, 2.05) is 0 Å². The Morgan fingerprint density at radius 3 is 2.22 bits per heavy atom. The largest absolute Gasteiger partial charge is 0.354 e. The molecule has 0 unspecified atom stereocenters. The summed E-state index contributed by atoms with van der Waals surface area (Å²) in [4.78, 5) is 12.2. The molecule has 3 heteroatoms. The van der Waals surface area contributed by atoms with Crippen LogP contribution in [-0.2, 0) is 4.79 Å². The van der Waals surface area contributed by atoms with E-state index in [0.717, 1.165) is 32.2 Å². The summed E-state index contributed by atoms with van der Waals surface area (Å²) in [5.74, 6) is 0.801. The molecule has 0 aromatic heterocycles. The van der Waals surface area contributed by atoms with Crippen LogP contribution in [-0.4, -0.2) is 18.0 Å². The third-order valence-corrected chi connectivity index (χ3v) is 4.83. The molecular weight excluding hydrogens is 224 g/mol. The van der Waals surface area contributed by atoms with Gasteiger partial charge in [-0.3, -0.25) is 4.79 Å². The Labute approximate surface area is 111 Å². The first-order valence-corrected chi connectivity index (χ1v) is 7.53. The van der Waals surface area contributed by atoms with Gasteiger partial charge in [-0.2, -0.15) is 0 Å². The smallest absolute Gasteiger partial charge is 0.240 e. The van der Waals surface area contributed by atoms with Gasteiger partial charge in [0.1, 0.15) is 0 Å². The van der Waals surface area contributed by atoms with Crippen LogP contribution in [0.4, 0.5) is 0 Å². The summed E-state index contributed by atoms with van der Waals surface area (Å²) < 4.78 is 0. The van der Waals surface area contributed by atoms with Crippen LogP contribution in [0, 0.1) is 11.3 Å². The van der Waals surface area contributed by atoms with E-state index in [1.165, 1.54) is 25.7 Å². The van der Waals surface area contributed by atoms with E-state index in [1.54, 1.807) is 0 Å². The summed E-state index contributed by atoms with van der Waals surface area (Å²) in [5, 5.41) is 3.15. The van der Waals surface area contributed by atoms with Crippen molar-refractivity contribution in [2.75, 3.05) is 6.54 Å². The molecule has 104 valence electrons. The predicted octanol–water partition coefficient (Wildman–Crippen LogP) is 2.59. The van der Waals surface area contributed by atoms with Crippen LogP contribution in [0.25, 0.3) is 0 Å². The molecule has 0 heterocycles.